The molecule has 6 nitrogen and oxygen atoms in total. The maximum Gasteiger partial charge on any atom is 0.149 e. The molecule has 3 aromatic heterocycles. The first-order chi connectivity index (χ1) is 13.6. The van der Waals surface area contributed by atoms with Crippen LogP contribution in [0.15, 0.2) is 48.7 Å². The van der Waals surface area contributed by atoms with Crippen molar-refractivity contribution in [2.45, 2.75) is 13.8 Å². The summed E-state index contributed by atoms with van der Waals surface area (Å²) in [5.74, 6) is 2.13. The van der Waals surface area contributed by atoms with Crippen LogP contribution >= 0.6 is 0 Å². The molecule has 0 bridgehead atoms. The lowest BCUT2D eigenvalue weighted by Crippen LogP contribution is -2.01. The van der Waals surface area contributed by atoms with Crippen LogP contribution < -0.4 is 4.74 Å². The summed E-state index contributed by atoms with van der Waals surface area (Å²) in [7, 11) is 1.62. The maximum atomic E-state index is 9.73. The van der Waals surface area contributed by atoms with E-state index >= 15 is 0 Å². The smallest absolute Gasteiger partial charge is 0.149 e. The van der Waals surface area contributed by atoms with Crippen LogP contribution in [-0.2, 0) is 0 Å². The average molecular weight is 369 g/mol. The van der Waals surface area contributed by atoms with E-state index in [2.05, 4.69) is 25.6 Å². The molecule has 0 saturated carbocycles. The molecule has 0 fully saturated rings. The molecule has 0 aliphatic carbocycles. The lowest BCUT2D eigenvalue weighted by Gasteiger charge is -2.07. The van der Waals surface area contributed by atoms with E-state index in [0.29, 0.717) is 11.4 Å². The van der Waals surface area contributed by atoms with Gasteiger partial charge in [0, 0.05) is 23.7 Å². The summed E-state index contributed by atoms with van der Waals surface area (Å²) < 4.78 is 7.33. The molecule has 0 spiro atoms. The molecule has 0 amide bonds. The largest absolute Gasteiger partial charge is 0.497 e. The number of fused-ring (bicyclic) bond motifs is 1. The zero-order chi connectivity index (χ0) is 19.7. The summed E-state index contributed by atoms with van der Waals surface area (Å²) in [6, 6.07) is 15.7. The van der Waals surface area contributed by atoms with Crippen molar-refractivity contribution in [2.75, 3.05) is 7.11 Å². The first kappa shape index (κ1) is 17.6. The molecule has 1 N–H and O–H groups in total. The van der Waals surface area contributed by atoms with E-state index in [-0.39, 0.29) is 0 Å². The van der Waals surface area contributed by atoms with Crippen LogP contribution in [-0.4, -0.2) is 26.6 Å². The first-order valence-corrected chi connectivity index (χ1v) is 8.87. The average Bonchev–Trinajstić information content (AvgIpc) is 3.26. The Balaban J connectivity index is 1.78. The van der Waals surface area contributed by atoms with Crippen LogP contribution in [0.2, 0.25) is 0 Å². The number of hydrogen-bond acceptors (Lipinski definition) is 4. The number of aryl methyl sites for hydroxylation is 1. The molecule has 28 heavy (non-hydrogen) atoms. The standard InChI is InChI=1S/C22H19N5O/c1-14-10-16(15(2)27(14)21-6-4-5-9-24-21)11-17(13-23)22-25-19-8-7-18(28-3)12-20(19)26-22/h4-12H,1-3H3,(H,25,26). The van der Waals surface area contributed by atoms with E-state index in [1.54, 1.807) is 13.3 Å². The fraction of sp³-hybridized carbons (Fsp3) is 0.136. The Morgan fingerprint density at radius 2 is 2.07 bits per heavy atom. The monoisotopic (exact) mass is 369 g/mol. The minimum atomic E-state index is 0.469. The van der Waals surface area contributed by atoms with Crippen molar-refractivity contribution in [3.8, 4) is 17.6 Å². The quantitative estimate of drug-likeness (QED) is 0.539. The van der Waals surface area contributed by atoms with Gasteiger partial charge in [-0.05, 0) is 55.8 Å². The van der Waals surface area contributed by atoms with Crippen LogP contribution in [0, 0.1) is 25.2 Å². The third-order valence-corrected chi connectivity index (χ3v) is 4.71. The van der Waals surface area contributed by atoms with E-state index in [1.165, 1.54) is 0 Å². The van der Waals surface area contributed by atoms with Gasteiger partial charge in [0.15, 0.2) is 0 Å². The highest BCUT2D eigenvalue weighted by Crippen LogP contribution is 2.26. The lowest BCUT2D eigenvalue weighted by molar-refractivity contribution is 0.415. The Morgan fingerprint density at radius 3 is 2.79 bits per heavy atom. The van der Waals surface area contributed by atoms with Crippen molar-refractivity contribution >= 4 is 22.7 Å². The molecule has 3 heterocycles. The van der Waals surface area contributed by atoms with Crippen molar-refractivity contribution in [3.05, 3.63) is 71.4 Å². The SMILES string of the molecule is COc1ccc2nc(C(C#N)=Cc3cc(C)n(-c4ccccn4)c3C)[nH]c2c1. The van der Waals surface area contributed by atoms with E-state index in [1.807, 2.05) is 62.4 Å². The van der Waals surface area contributed by atoms with Crippen molar-refractivity contribution < 1.29 is 4.74 Å². The fourth-order valence-corrected chi connectivity index (χ4v) is 3.32. The topological polar surface area (TPSA) is 79.5 Å². The number of aromatic amines is 1. The highest BCUT2D eigenvalue weighted by molar-refractivity contribution is 5.91. The summed E-state index contributed by atoms with van der Waals surface area (Å²) in [4.78, 5) is 12.2. The van der Waals surface area contributed by atoms with Gasteiger partial charge in [0.2, 0.25) is 0 Å². The van der Waals surface area contributed by atoms with Gasteiger partial charge in [0.25, 0.3) is 0 Å². The second-order valence-electron chi connectivity index (χ2n) is 6.49. The molecule has 0 atom stereocenters. The summed E-state index contributed by atoms with van der Waals surface area (Å²) in [5, 5.41) is 9.73. The molecule has 0 radical (unpaired) electrons. The van der Waals surface area contributed by atoms with Gasteiger partial charge in [0.1, 0.15) is 23.5 Å². The van der Waals surface area contributed by atoms with Crippen LogP contribution in [0.5, 0.6) is 5.75 Å². The Kier molecular flexibility index (Phi) is 4.42. The molecular weight excluding hydrogens is 350 g/mol. The van der Waals surface area contributed by atoms with Crippen molar-refractivity contribution in [1.29, 1.82) is 5.26 Å². The number of ether oxygens (including phenoxy) is 1. The molecule has 0 aliphatic heterocycles. The highest BCUT2D eigenvalue weighted by Gasteiger charge is 2.13. The third kappa shape index (κ3) is 3.03. The first-order valence-electron chi connectivity index (χ1n) is 8.87. The normalized spacial score (nSPS) is 11.6. The third-order valence-electron chi connectivity index (χ3n) is 4.71. The molecule has 0 aliphatic rings. The van der Waals surface area contributed by atoms with Gasteiger partial charge in [-0.25, -0.2) is 9.97 Å². The Hall–Kier alpha value is -3.85. The maximum absolute atomic E-state index is 9.73. The van der Waals surface area contributed by atoms with Crippen LogP contribution in [0.25, 0.3) is 28.5 Å². The summed E-state index contributed by atoms with van der Waals surface area (Å²) in [6.07, 6.45) is 3.63. The number of hydrogen-bond donors (Lipinski definition) is 1. The Bertz CT molecular complexity index is 1230. The predicted octanol–water partition coefficient (Wildman–Crippen LogP) is 4.44. The molecule has 4 rings (SSSR count). The number of methoxy groups -OCH3 is 1. The predicted molar refractivity (Wildman–Crippen MR) is 109 cm³/mol. The minimum Gasteiger partial charge on any atom is -0.497 e. The summed E-state index contributed by atoms with van der Waals surface area (Å²) in [5.41, 5.74) is 5.11. The molecule has 0 unspecified atom stereocenters. The number of allylic oxidation sites excluding steroid dienone is 1. The van der Waals surface area contributed by atoms with Gasteiger partial charge in [-0.3, -0.25) is 0 Å². The number of benzene rings is 1. The van der Waals surface area contributed by atoms with Crippen LogP contribution in [0.4, 0.5) is 0 Å². The molecular formula is C22H19N5O. The number of pyridine rings is 1. The Labute approximate surface area is 162 Å². The van der Waals surface area contributed by atoms with E-state index in [4.69, 9.17) is 4.74 Å². The fourth-order valence-electron chi connectivity index (χ4n) is 3.32. The lowest BCUT2D eigenvalue weighted by atomic mass is 10.1. The summed E-state index contributed by atoms with van der Waals surface area (Å²) >= 11 is 0. The van der Waals surface area contributed by atoms with Crippen LogP contribution in [0.1, 0.15) is 22.8 Å². The number of nitriles is 1. The molecule has 0 saturated heterocycles. The van der Waals surface area contributed by atoms with E-state index < -0.39 is 0 Å². The van der Waals surface area contributed by atoms with Crippen molar-refractivity contribution in [2.24, 2.45) is 0 Å². The highest BCUT2D eigenvalue weighted by atomic mass is 16.5. The van der Waals surface area contributed by atoms with Crippen molar-refractivity contribution in [1.82, 2.24) is 19.5 Å². The number of H-pyrrole nitrogens is 1. The van der Waals surface area contributed by atoms with E-state index in [9.17, 15) is 5.26 Å². The van der Waals surface area contributed by atoms with Crippen molar-refractivity contribution in [3.63, 3.8) is 0 Å². The second-order valence-corrected chi connectivity index (χ2v) is 6.49. The second kappa shape index (κ2) is 7.05. The molecule has 138 valence electrons. The number of nitrogens with zero attached hydrogens (tertiary/aromatic N) is 4. The zero-order valence-corrected chi connectivity index (χ0v) is 15.9. The van der Waals surface area contributed by atoms with Gasteiger partial charge in [-0.15, -0.1) is 0 Å². The molecule has 1 aromatic carbocycles. The van der Waals surface area contributed by atoms with Gasteiger partial charge < -0.3 is 14.3 Å². The molecule has 6 heteroatoms. The molecule has 4 aromatic rings. The van der Waals surface area contributed by atoms with Gasteiger partial charge >= 0.3 is 0 Å². The Morgan fingerprint density at radius 1 is 1.21 bits per heavy atom. The van der Waals surface area contributed by atoms with Crippen LogP contribution in [0.3, 0.4) is 0 Å². The van der Waals surface area contributed by atoms with Gasteiger partial charge in [-0.2, -0.15) is 5.26 Å². The van der Waals surface area contributed by atoms with E-state index in [0.717, 1.165) is 39.6 Å². The van der Waals surface area contributed by atoms with Gasteiger partial charge in [0.05, 0.1) is 23.7 Å². The minimum absolute atomic E-state index is 0.469. The number of nitrogens with one attached hydrogen (secondary N) is 1. The zero-order valence-electron chi connectivity index (χ0n) is 15.9. The number of imidazole rings is 1. The summed E-state index contributed by atoms with van der Waals surface area (Å²) in [6.45, 7) is 4.05. The number of rotatable bonds is 4. The number of aromatic nitrogens is 4. The van der Waals surface area contributed by atoms with Gasteiger partial charge in [-0.1, -0.05) is 6.07 Å².